The minimum Gasteiger partial charge on any atom is -0.136 e. The summed E-state index contributed by atoms with van der Waals surface area (Å²) in [5.74, 6) is 0. The summed E-state index contributed by atoms with van der Waals surface area (Å²) in [4.78, 5) is 1.40. The van der Waals surface area contributed by atoms with Crippen LogP contribution in [0.2, 0.25) is 0 Å². The van der Waals surface area contributed by atoms with E-state index >= 15 is 0 Å². The fraction of sp³-hybridized carbons (Fsp3) is 0.158. The number of allylic oxidation sites excluding steroid dienone is 1. The maximum Gasteiger partial charge on any atom is 0.0445 e. The Hall–Kier alpha value is -1.64. The van der Waals surface area contributed by atoms with Gasteiger partial charge in [-0.3, -0.25) is 0 Å². The lowest BCUT2D eigenvalue weighted by atomic mass is 10.1. The number of aryl methyl sites for hydroxylation is 1. The summed E-state index contributed by atoms with van der Waals surface area (Å²) >= 11 is 3.83. The maximum atomic E-state index is 2.29. The first-order valence-electron chi connectivity index (χ1n) is 7.29. The first-order valence-corrected chi connectivity index (χ1v) is 8.92. The van der Waals surface area contributed by atoms with Crippen molar-refractivity contribution in [2.45, 2.75) is 20.3 Å². The molecule has 0 aliphatic heterocycles. The summed E-state index contributed by atoms with van der Waals surface area (Å²) < 4.78 is 4.23. The van der Waals surface area contributed by atoms with Gasteiger partial charge in [0.1, 0.15) is 0 Å². The molecule has 2 heterocycles. The molecule has 2 heteroatoms. The molecule has 4 aromatic rings. The molecule has 0 amide bonds. The van der Waals surface area contributed by atoms with Gasteiger partial charge in [0.05, 0.1) is 0 Å². The Morgan fingerprint density at radius 1 is 0.952 bits per heavy atom. The largest absolute Gasteiger partial charge is 0.136 e. The third-order valence-corrected chi connectivity index (χ3v) is 6.40. The number of fused-ring (bicyclic) bond motifs is 5. The second kappa shape index (κ2) is 4.97. The van der Waals surface area contributed by atoms with Gasteiger partial charge in [-0.2, -0.15) is 0 Å². The second-order valence-electron chi connectivity index (χ2n) is 5.32. The van der Waals surface area contributed by atoms with Crippen LogP contribution in [0, 0.1) is 6.92 Å². The molecule has 0 aliphatic carbocycles. The van der Waals surface area contributed by atoms with Crippen molar-refractivity contribution in [1.82, 2.24) is 0 Å². The molecule has 0 aliphatic rings. The van der Waals surface area contributed by atoms with E-state index in [9.17, 15) is 0 Å². The summed E-state index contributed by atoms with van der Waals surface area (Å²) in [6.07, 6.45) is 5.62. The lowest BCUT2D eigenvalue weighted by molar-refractivity contribution is 1.23. The molecule has 0 fully saturated rings. The van der Waals surface area contributed by atoms with E-state index < -0.39 is 0 Å². The predicted octanol–water partition coefficient (Wildman–Crippen LogP) is 7.00. The SMILES string of the molecule is CCC=Cc1sc2ccc3c4ccccc4sc3c2c1C. The van der Waals surface area contributed by atoms with Crippen molar-refractivity contribution in [1.29, 1.82) is 0 Å². The molecule has 0 spiro atoms. The van der Waals surface area contributed by atoms with Crippen molar-refractivity contribution in [2.75, 3.05) is 0 Å². The van der Waals surface area contributed by atoms with Crippen LogP contribution >= 0.6 is 22.7 Å². The average molecular weight is 308 g/mol. The van der Waals surface area contributed by atoms with Crippen molar-refractivity contribution < 1.29 is 0 Å². The topological polar surface area (TPSA) is 0 Å². The molecular weight excluding hydrogens is 292 g/mol. The van der Waals surface area contributed by atoms with Gasteiger partial charge in [-0.15, -0.1) is 22.7 Å². The third kappa shape index (κ3) is 1.94. The van der Waals surface area contributed by atoms with Gasteiger partial charge in [-0.05, 0) is 37.1 Å². The van der Waals surface area contributed by atoms with Gasteiger partial charge in [0, 0.05) is 35.1 Å². The summed E-state index contributed by atoms with van der Waals surface area (Å²) in [6, 6.07) is 13.3. The van der Waals surface area contributed by atoms with Crippen LogP contribution in [0.1, 0.15) is 23.8 Å². The first kappa shape index (κ1) is 13.1. The molecule has 0 saturated carbocycles. The van der Waals surface area contributed by atoms with Crippen LogP contribution in [0.15, 0.2) is 42.5 Å². The Morgan fingerprint density at radius 3 is 2.67 bits per heavy atom. The molecule has 0 N–H and O–H groups in total. The molecule has 0 radical (unpaired) electrons. The molecule has 4 rings (SSSR count). The third-order valence-electron chi connectivity index (χ3n) is 3.98. The molecule has 0 nitrogen and oxygen atoms in total. The zero-order chi connectivity index (χ0) is 14.4. The van der Waals surface area contributed by atoms with E-state index in [4.69, 9.17) is 0 Å². The Balaban J connectivity index is 2.13. The number of hydrogen-bond acceptors (Lipinski definition) is 2. The van der Waals surface area contributed by atoms with E-state index in [1.165, 1.54) is 40.7 Å². The normalized spacial score (nSPS) is 12.3. The molecule has 104 valence electrons. The van der Waals surface area contributed by atoms with Crippen LogP contribution in [0.3, 0.4) is 0 Å². The van der Waals surface area contributed by atoms with E-state index in [0.29, 0.717) is 0 Å². The van der Waals surface area contributed by atoms with Crippen LogP contribution in [0.4, 0.5) is 0 Å². The van der Waals surface area contributed by atoms with Crippen LogP contribution in [-0.4, -0.2) is 0 Å². The van der Waals surface area contributed by atoms with Crippen molar-refractivity contribution in [3.63, 3.8) is 0 Å². The minimum atomic E-state index is 1.09. The van der Waals surface area contributed by atoms with Crippen LogP contribution < -0.4 is 0 Å². The highest BCUT2D eigenvalue weighted by Gasteiger charge is 2.13. The molecule has 0 bridgehead atoms. The fourth-order valence-electron chi connectivity index (χ4n) is 2.91. The molecule has 0 atom stereocenters. The molecule has 2 aromatic heterocycles. The van der Waals surface area contributed by atoms with E-state index in [2.05, 4.69) is 62.4 Å². The molecule has 0 saturated heterocycles. The minimum absolute atomic E-state index is 1.09. The van der Waals surface area contributed by atoms with Gasteiger partial charge in [0.15, 0.2) is 0 Å². The molecule has 0 unspecified atom stereocenters. The Kier molecular flexibility index (Phi) is 3.09. The smallest absolute Gasteiger partial charge is 0.0445 e. The Bertz CT molecular complexity index is 983. The predicted molar refractivity (Wildman–Crippen MR) is 98.8 cm³/mol. The van der Waals surface area contributed by atoms with E-state index in [1.54, 1.807) is 0 Å². The lowest BCUT2D eigenvalue weighted by Crippen LogP contribution is -1.72. The van der Waals surface area contributed by atoms with Crippen LogP contribution in [-0.2, 0) is 0 Å². The van der Waals surface area contributed by atoms with Crippen LogP contribution in [0.25, 0.3) is 36.3 Å². The van der Waals surface area contributed by atoms with Crippen molar-refractivity contribution in [2.24, 2.45) is 0 Å². The quantitative estimate of drug-likeness (QED) is 0.374. The van der Waals surface area contributed by atoms with Crippen molar-refractivity contribution >= 4 is 59.0 Å². The van der Waals surface area contributed by atoms with E-state index in [-0.39, 0.29) is 0 Å². The maximum absolute atomic E-state index is 2.29. The highest BCUT2D eigenvalue weighted by atomic mass is 32.1. The standard InChI is InChI=1S/C19H16S2/c1-3-4-8-15-12(2)18-17(20-15)11-10-14-13-7-5-6-9-16(13)21-19(14)18/h4-11H,3H2,1-2H3. The summed E-state index contributed by atoms with van der Waals surface area (Å²) in [6.45, 7) is 4.45. The van der Waals surface area contributed by atoms with Crippen LogP contribution in [0.5, 0.6) is 0 Å². The average Bonchev–Trinajstić information content (AvgIpc) is 3.03. The Morgan fingerprint density at radius 2 is 1.81 bits per heavy atom. The fourth-order valence-corrected chi connectivity index (χ4v) is 5.43. The van der Waals surface area contributed by atoms with Crippen molar-refractivity contribution in [3.8, 4) is 0 Å². The molecule has 21 heavy (non-hydrogen) atoms. The number of thiophene rings is 2. The zero-order valence-electron chi connectivity index (χ0n) is 12.1. The number of rotatable bonds is 2. The van der Waals surface area contributed by atoms with Gasteiger partial charge in [0.2, 0.25) is 0 Å². The van der Waals surface area contributed by atoms with Gasteiger partial charge in [0.25, 0.3) is 0 Å². The summed E-state index contributed by atoms with van der Waals surface area (Å²) in [7, 11) is 0. The molecular formula is C19H16S2. The Labute approximate surface area is 132 Å². The number of hydrogen-bond donors (Lipinski definition) is 0. The van der Waals surface area contributed by atoms with Gasteiger partial charge < -0.3 is 0 Å². The zero-order valence-corrected chi connectivity index (χ0v) is 13.8. The van der Waals surface area contributed by atoms with E-state index in [1.807, 2.05) is 22.7 Å². The van der Waals surface area contributed by atoms with E-state index in [0.717, 1.165) is 6.42 Å². The van der Waals surface area contributed by atoms with Gasteiger partial charge in [-0.1, -0.05) is 37.3 Å². The highest BCUT2D eigenvalue weighted by molar-refractivity contribution is 7.28. The monoisotopic (exact) mass is 308 g/mol. The van der Waals surface area contributed by atoms with Gasteiger partial charge >= 0.3 is 0 Å². The van der Waals surface area contributed by atoms with Gasteiger partial charge in [-0.25, -0.2) is 0 Å². The number of benzene rings is 2. The highest BCUT2D eigenvalue weighted by Crippen LogP contribution is 2.43. The summed E-state index contributed by atoms with van der Waals surface area (Å²) in [5.41, 5.74) is 1.43. The second-order valence-corrected chi connectivity index (χ2v) is 7.45. The summed E-state index contributed by atoms with van der Waals surface area (Å²) in [5, 5.41) is 4.24. The molecule has 2 aromatic carbocycles. The lowest BCUT2D eigenvalue weighted by Gasteiger charge is -1.95. The van der Waals surface area contributed by atoms with Crippen molar-refractivity contribution in [3.05, 3.63) is 52.9 Å². The first-order chi connectivity index (χ1) is 10.3.